The first-order chi connectivity index (χ1) is 11.0. The zero-order valence-electron chi connectivity index (χ0n) is 12.6. The minimum Gasteiger partial charge on any atom is -0.367 e. The van der Waals surface area contributed by atoms with Gasteiger partial charge in [-0.3, -0.25) is 0 Å². The lowest BCUT2D eigenvalue weighted by Crippen LogP contribution is -2.21. The summed E-state index contributed by atoms with van der Waals surface area (Å²) in [6.45, 7) is 3.71. The molecule has 7 heteroatoms. The van der Waals surface area contributed by atoms with Gasteiger partial charge in [-0.25, -0.2) is 18.5 Å². The summed E-state index contributed by atoms with van der Waals surface area (Å²) in [5, 5.41) is 5.16. The van der Waals surface area contributed by atoms with Crippen LogP contribution >= 0.6 is 11.3 Å². The molecule has 0 spiro atoms. The number of aromatic nitrogens is 1. The third kappa shape index (κ3) is 3.52. The summed E-state index contributed by atoms with van der Waals surface area (Å²) in [5.74, 6) is 0. The largest absolute Gasteiger partial charge is 0.367 e. The second-order valence-electron chi connectivity index (χ2n) is 5.18. The monoisotopic (exact) mass is 347 g/mol. The minimum atomic E-state index is -3.76. The Morgan fingerprint density at radius 1 is 1.17 bits per heavy atom. The lowest BCUT2D eigenvalue weighted by Gasteiger charge is -2.23. The first-order valence-corrected chi connectivity index (χ1v) is 9.56. The number of benzene rings is 2. The molecule has 0 aliphatic heterocycles. The van der Waals surface area contributed by atoms with Crippen LogP contribution in [0, 0.1) is 0 Å². The first kappa shape index (κ1) is 15.9. The van der Waals surface area contributed by atoms with Crippen LogP contribution in [0.4, 0.5) is 5.69 Å². The Hall–Kier alpha value is -1.96. The summed E-state index contributed by atoms with van der Waals surface area (Å²) in [7, 11) is -3.76. The van der Waals surface area contributed by atoms with Crippen molar-refractivity contribution in [3.05, 3.63) is 54.1 Å². The fraction of sp³-hybridized carbons (Fsp3) is 0.188. The van der Waals surface area contributed by atoms with Crippen LogP contribution in [0.2, 0.25) is 0 Å². The molecule has 3 aromatic rings. The van der Waals surface area contributed by atoms with Gasteiger partial charge in [0.15, 0.2) is 0 Å². The Bertz CT molecular complexity index is 921. The summed E-state index contributed by atoms with van der Waals surface area (Å²) in [6.07, 6.45) is 0. The molecular formula is C16H17N3O2S2. The van der Waals surface area contributed by atoms with Crippen molar-refractivity contribution in [2.45, 2.75) is 17.8 Å². The van der Waals surface area contributed by atoms with Crippen molar-refractivity contribution in [3.63, 3.8) is 0 Å². The molecule has 0 saturated heterocycles. The van der Waals surface area contributed by atoms with Gasteiger partial charge >= 0.3 is 0 Å². The van der Waals surface area contributed by atoms with Crippen LogP contribution in [-0.4, -0.2) is 19.9 Å². The van der Waals surface area contributed by atoms with Crippen molar-refractivity contribution in [2.24, 2.45) is 5.14 Å². The van der Waals surface area contributed by atoms with E-state index in [4.69, 9.17) is 5.14 Å². The van der Waals surface area contributed by atoms with Gasteiger partial charge in [0.25, 0.3) is 10.0 Å². The van der Waals surface area contributed by atoms with Gasteiger partial charge < -0.3 is 4.90 Å². The first-order valence-electron chi connectivity index (χ1n) is 7.19. The van der Waals surface area contributed by atoms with Crippen LogP contribution in [0.25, 0.3) is 10.2 Å². The molecule has 0 radical (unpaired) electrons. The SMILES string of the molecule is CCN(Cc1ccccc1)c1ccc2sc(S(N)(=O)=O)nc2c1. The van der Waals surface area contributed by atoms with Gasteiger partial charge in [-0.15, -0.1) is 11.3 Å². The maximum absolute atomic E-state index is 11.4. The Kier molecular flexibility index (Phi) is 4.34. The van der Waals surface area contributed by atoms with Gasteiger partial charge in [-0.05, 0) is 30.7 Å². The van der Waals surface area contributed by atoms with Gasteiger partial charge in [0, 0.05) is 18.8 Å². The van der Waals surface area contributed by atoms with Crippen molar-refractivity contribution >= 4 is 37.3 Å². The number of nitrogens with zero attached hydrogens (tertiary/aromatic N) is 2. The van der Waals surface area contributed by atoms with Crippen molar-refractivity contribution in [3.8, 4) is 0 Å². The molecule has 0 saturated carbocycles. The Labute approximate surface area is 139 Å². The zero-order valence-corrected chi connectivity index (χ0v) is 14.3. The molecule has 1 aromatic heterocycles. The number of hydrogen-bond acceptors (Lipinski definition) is 5. The molecule has 5 nitrogen and oxygen atoms in total. The average molecular weight is 347 g/mol. The molecule has 0 unspecified atom stereocenters. The third-order valence-electron chi connectivity index (χ3n) is 3.56. The molecule has 2 N–H and O–H groups in total. The maximum Gasteiger partial charge on any atom is 0.265 e. The number of anilines is 1. The molecule has 120 valence electrons. The Morgan fingerprint density at radius 2 is 1.91 bits per heavy atom. The van der Waals surface area contributed by atoms with Gasteiger partial charge in [0.1, 0.15) is 0 Å². The normalized spacial score (nSPS) is 11.7. The Balaban J connectivity index is 1.94. The van der Waals surface area contributed by atoms with Crippen molar-refractivity contribution in [1.82, 2.24) is 4.98 Å². The van der Waals surface area contributed by atoms with Crippen LogP contribution < -0.4 is 10.0 Å². The molecule has 0 atom stereocenters. The van der Waals surface area contributed by atoms with E-state index < -0.39 is 10.0 Å². The second kappa shape index (κ2) is 6.27. The number of hydrogen-bond donors (Lipinski definition) is 1. The van der Waals surface area contributed by atoms with E-state index in [1.54, 1.807) is 0 Å². The Morgan fingerprint density at radius 3 is 2.57 bits per heavy atom. The summed E-state index contributed by atoms with van der Waals surface area (Å²) < 4.78 is 23.6. The van der Waals surface area contributed by atoms with Crippen LogP contribution in [0.15, 0.2) is 52.9 Å². The number of thiazole rings is 1. The quantitative estimate of drug-likeness (QED) is 0.770. The van der Waals surface area contributed by atoms with E-state index in [0.717, 1.165) is 34.8 Å². The van der Waals surface area contributed by atoms with Gasteiger partial charge in [0.2, 0.25) is 4.34 Å². The minimum absolute atomic E-state index is 0.0456. The smallest absolute Gasteiger partial charge is 0.265 e. The van der Waals surface area contributed by atoms with E-state index >= 15 is 0 Å². The molecule has 0 fully saturated rings. The molecular weight excluding hydrogens is 330 g/mol. The molecule has 0 aliphatic rings. The maximum atomic E-state index is 11.4. The van der Waals surface area contributed by atoms with E-state index in [0.29, 0.717) is 5.52 Å². The molecule has 0 amide bonds. The van der Waals surface area contributed by atoms with E-state index in [1.807, 2.05) is 36.4 Å². The van der Waals surface area contributed by atoms with Crippen molar-refractivity contribution < 1.29 is 8.42 Å². The molecule has 2 aromatic carbocycles. The van der Waals surface area contributed by atoms with E-state index in [-0.39, 0.29) is 4.34 Å². The fourth-order valence-electron chi connectivity index (χ4n) is 2.40. The lowest BCUT2D eigenvalue weighted by atomic mass is 10.2. The van der Waals surface area contributed by atoms with Gasteiger partial charge in [0.05, 0.1) is 10.2 Å². The summed E-state index contributed by atoms with van der Waals surface area (Å²) >= 11 is 1.09. The number of nitrogens with two attached hydrogens (primary N) is 1. The van der Waals surface area contributed by atoms with Crippen molar-refractivity contribution in [1.29, 1.82) is 0 Å². The molecule has 23 heavy (non-hydrogen) atoms. The van der Waals surface area contributed by atoms with E-state index in [9.17, 15) is 8.42 Å². The summed E-state index contributed by atoms with van der Waals surface area (Å²) in [6, 6.07) is 16.0. The molecule has 0 bridgehead atoms. The third-order valence-corrected chi connectivity index (χ3v) is 5.91. The average Bonchev–Trinajstić information content (AvgIpc) is 2.97. The van der Waals surface area contributed by atoms with Crippen LogP contribution in [0.3, 0.4) is 0 Å². The predicted molar refractivity (Wildman–Crippen MR) is 94.2 cm³/mol. The zero-order chi connectivity index (χ0) is 16.4. The fourth-order valence-corrected chi connectivity index (χ4v) is 4.04. The van der Waals surface area contributed by atoms with Crippen molar-refractivity contribution in [2.75, 3.05) is 11.4 Å². The van der Waals surface area contributed by atoms with Gasteiger partial charge in [-0.2, -0.15) is 0 Å². The van der Waals surface area contributed by atoms with E-state index in [2.05, 4.69) is 28.9 Å². The summed E-state index contributed by atoms with van der Waals surface area (Å²) in [5.41, 5.74) is 2.89. The van der Waals surface area contributed by atoms with Gasteiger partial charge in [-0.1, -0.05) is 30.3 Å². The highest BCUT2D eigenvalue weighted by atomic mass is 32.2. The topological polar surface area (TPSA) is 76.3 Å². The highest BCUT2D eigenvalue weighted by molar-refractivity contribution is 7.91. The lowest BCUT2D eigenvalue weighted by molar-refractivity contribution is 0.597. The molecule has 1 heterocycles. The number of rotatable bonds is 5. The highest BCUT2D eigenvalue weighted by Crippen LogP contribution is 2.29. The standard InChI is InChI=1S/C16H17N3O2S2/c1-2-19(11-12-6-4-3-5-7-12)13-8-9-15-14(10-13)18-16(22-15)23(17,20)21/h3-10H,2,11H2,1H3,(H2,17,20,21). The number of fused-ring (bicyclic) bond motifs is 1. The molecule has 3 rings (SSSR count). The van der Waals surface area contributed by atoms with Crippen LogP contribution in [0.5, 0.6) is 0 Å². The van der Waals surface area contributed by atoms with Crippen LogP contribution in [-0.2, 0) is 16.6 Å². The molecule has 0 aliphatic carbocycles. The predicted octanol–water partition coefficient (Wildman–Crippen LogP) is 2.97. The van der Waals surface area contributed by atoms with E-state index in [1.165, 1.54) is 5.56 Å². The number of sulfonamides is 1. The summed E-state index contributed by atoms with van der Waals surface area (Å²) in [4.78, 5) is 6.36. The highest BCUT2D eigenvalue weighted by Gasteiger charge is 2.15. The van der Waals surface area contributed by atoms with Crippen LogP contribution in [0.1, 0.15) is 12.5 Å². The number of primary sulfonamides is 1. The second-order valence-corrected chi connectivity index (χ2v) is 7.94.